The summed E-state index contributed by atoms with van der Waals surface area (Å²) < 4.78 is 295. The van der Waals surface area contributed by atoms with Crippen LogP contribution in [-0.4, -0.2) is 11.9 Å². The number of hydrogen-bond donors (Lipinski definition) is 0. The quantitative estimate of drug-likeness (QED) is 0.0297. The van der Waals surface area contributed by atoms with Crippen molar-refractivity contribution in [1.82, 2.24) is 0 Å². The van der Waals surface area contributed by atoms with Gasteiger partial charge in [0.2, 0.25) is 12.3 Å². The van der Waals surface area contributed by atoms with E-state index in [4.69, 9.17) is 0 Å². The van der Waals surface area contributed by atoms with Crippen molar-refractivity contribution in [3.05, 3.63) is 182 Å². The van der Waals surface area contributed by atoms with Crippen molar-refractivity contribution in [3.8, 4) is 0 Å². The van der Waals surface area contributed by atoms with Gasteiger partial charge in [0.05, 0.1) is 0 Å². The second-order valence-corrected chi connectivity index (χ2v) is 19.6. The number of pyridine rings is 1. The van der Waals surface area contributed by atoms with Crippen LogP contribution >= 0.6 is 47.8 Å². The monoisotopic (exact) mass is 1120 g/mol. The molecule has 0 fully saturated rings. The summed E-state index contributed by atoms with van der Waals surface area (Å²) in [4.78, 5) is 12.0. The lowest BCUT2D eigenvalue weighted by atomic mass is 9.12. The smallest absolute Gasteiger partial charge is 0.227 e. The minimum absolute atomic E-state index is 0.0983. The van der Waals surface area contributed by atoms with Gasteiger partial charge in [-0.05, 0) is 0 Å². The van der Waals surface area contributed by atoms with Gasteiger partial charge >= 0.3 is 0 Å². The van der Waals surface area contributed by atoms with Crippen molar-refractivity contribution >= 4 is 81.6 Å². The lowest BCUT2D eigenvalue weighted by Gasteiger charge is -2.44. The first-order chi connectivity index (χ1) is 29.7. The molecule has 0 saturated carbocycles. The third-order valence-corrected chi connectivity index (χ3v) is 10.7. The lowest BCUT2D eigenvalue weighted by Crippen LogP contribution is -2.81. The van der Waals surface area contributed by atoms with Gasteiger partial charge in [0, 0.05) is 23.3 Å². The first-order valence-electron chi connectivity index (χ1n) is 16.5. The Morgan fingerprint density at radius 3 is 0.859 bits per heavy atom. The van der Waals surface area contributed by atoms with Gasteiger partial charge < -0.3 is 0 Å². The number of aromatic nitrogens is 1. The highest BCUT2D eigenvalue weighted by atomic mass is 80.0. The van der Waals surface area contributed by atoms with Crippen molar-refractivity contribution in [1.29, 1.82) is 0 Å². The van der Waals surface area contributed by atoms with Crippen LogP contribution in [0.2, 0.25) is 0 Å². The number of hydrogen-bond acceptors (Lipinski definition) is 1. The second-order valence-electron chi connectivity index (χ2n) is 12.8. The van der Waals surface area contributed by atoms with Crippen molar-refractivity contribution in [2.75, 3.05) is 0 Å². The zero-order valence-corrected chi connectivity index (χ0v) is 34.8. The minimum atomic E-state index is -7.22. The summed E-state index contributed by atoms with van der Waals surface area (Å²) in [6.07, 6.45) is -3.45. The normalized spacial score (nSPS) is 11.8. The Morgan fingerprint density at radius 1 is 0.391 bits per heavy atom. The van der Waals surface area contributed by atoms with Crippen LogP contribution in [0.4, 0.5) is 87.8 Å². The maximum atomic E-state index is 15.4. The van der Waals surface area contributed by atoms with Gasteiger partial charge in [-0.3, -0.25) is 4.79 Å². The standard InChI is InChI=1S/C24BF20.C14H11Br3NO/c26-5-1(6(27)14(35)21(42)13(5)34)25(2-7(28)15(36)22(43)16(37)8(2)29,3-9(30)17(38)23(44)18(39)10(3)31)4-11(32)19(40)24(45)20(41)12(4)33;15-14(16,17)12-6-8-18(9-7-12)10-13(19)11-4-2-1-3-5-11/h;1-9H,10H2/q-1;+1. The van der Waals surface area contributed by atoms with Gasteiger partial charge in [-0.2, -0.15) is 4.57 Å². The number of nitrogens with zero attached hydrogens (tertiary/aromatic N) is 1. The van der Waals surface area contributed by atoms with Crippen LogP contribution in [0, 0.1) is 116 Å². The lowest BCUT2D eigenvalue weighted by molar-refractivity contribution is -0.683. The number of Topliss-reactive ketones (excluding diaryl/α,β-unsaturated/α-hetero) is 1. The zero-order valence-electron chi connectivity index (χ0n) is 30.0. The fraction of sp³-hybridized carbons (Fsp3) is 0.0526. The first kappa shape index (κ1) is 50.0. The van der Waals surface area contributed by atoms with E-state index in [9.17, 15) is 57.5 Å². The predicted octanol–water partition coefficient (Wildman–Crippen LogP) is 10.00. The Hall–Kier alpha value is -4.98. The number of halogens is 23. The Kier molecular flexibility index (Phi) is 14.5. The molecule has 6 aromatic rings. The summed E-state index contributed by atoms with van der Waals surface area (Å²) in [7, 11) is 0. The topological polar surface area (TPSA) is 20.9 Å². The van der Waals surface area contributed by atoms with E-state index in [1.165, 1.54) is 0 Å². The van der Waals surface area contributed by atoms with Crippen LogP contribution in [-0.2, 0) is 8.69 Å². The minimum Gasteiger partial charge on any atom is -0.287 e. The van der Waals surface area contributed by atoms with Crippen LogP contribution in [0.25, 0.3) is 0 Å². The molecule has 6 rings (SSSR count). The Labute approximate surface area is 368 Å². The van der Waals surface area contributed by atoms with Gasteiger partial charge in [-0.15, -0.1) is 21.9 Å². The van der Waals surface area contributed by atoms with E-state index in [1.807, 2.05) is 59.4 Å². The van der Waals surface area contributed by atoms with Gasteiger partial charge in [0.25, 0.3) is 0 Å². The number of alkyl halides is 3. The molecule has 1 aromatic heterocycles. The fourth-order valence-corrected chi connectivity index (χ4v) is 7.30. The van der Waals surface area contributed by atoms with Gasteiger partial charge in [-0.25, -0.2) is 87.8 Å². The molecule has 0 atom stereocenters. The van der Waals surface area contributed by atoms with Crippen molar-refractivity contribution in [2.45, 2.75) is 8.69 Å². The predicted molar refractivity (Wildman–Crippen MR) is 195 cm³/mol. The number of carbonyl (C=O) groups is 1. The molecule has 0 N–H and O–H groups in total. The number of ketones is 1. The van der Waals surface area contributed by atoms with Crippen LogP contribution in [0.3, 0.4) is 0 Å². The van der Waals surface area contributed by atoms with Crippen molar-refractivity contribution < 1.29 is 97.2 Å². The molecule has 26 heteroatoms. The Bertz CT molecular complexity index is 2480. The Balaban J connectivity index is 0.000000337. The van der Waals surface area contributed by atoms with E-state index in [-0.39, 0.29) is 5.78 Å². The molecule has 0 spiro atoms. The van der Waals surface area contributed by atoms with E-state index in [2.05, 4.69) is 47.8 Å². The molecule has 0 amide bonds. The molecule has 0 aliphatic carbocycles. The number of rotatable bonds is 7. The highest BCUT2D eigenvalue weighted by Crippen LogP contribution is 2.43. The van der Waals surface area contributed by atoms with Crippen LogP contribution in [0.1, 0.15) is 15.9 Å². The number of carbonyl (C=O) groups excluding carboxylic acids is 1. The molecule has 2 nitrogen and oxygen atoms in total. The van der Waals surface area contributed by atoms with Crippen molar-refractivity contribution in [2.24, 2.45) is 0 Å². The molecule has 338 valence electrons. The van der Waals surface area contributed by atoms with E-state index in [0.29, 0.717) is 6.54 Å². The summed E-state index contributed by atoms with van der Waals surface area (Å²) >= 11 is 10.4. The van der Waals surface area contributed by atoms with Crippen LogP contribution in [0.15, 0.2) is 54.9 Å². The van der Waals surface area contributed by atoms with Gasteiger partial charge in [-0.1, -0.05) is 78.1 Å². The molecule has 1 heterocycles. The van der Waals surface area contributed by atoms with E-state index in [0.717, 1.165) is 11.1 Å². The summed E-state index contributed by atoms with van der Waals surface area (Å²) in [5.74, 6) is -71.3. The third kappa shape index (κ3) is 8.28. The molecule has 0 aliphatic heterocycles. The highest BCUT2D eigenvalue weighted by molar-refractivity contribution is 9.38. The summed E-state index contributed by atoms with van der Waals surface area (Å²) in [6.45, 7) is 0.337. The number of benzene rings is 5. The summed E-state index contributed by atoms with van der Waals surface area (Å²) in [6, 6.07) is 13.2. The van der Waals surface area contributed by atoms with Crippen LogP contribution in [0.5, 0.6) is 0 Å². The van der Waals surface area contributed by atoms with Gasteiger partial charge in [0.1, 0.15) is 52.7 Å². The molecular formula is C38H11BBr3F20NO. The SMILES string of the molecule is Fc1c(F)c(F)c([B-](c2c(F)c(F)c(F)c(F)c2F)(c2c(F)c(F)c(F)c(F)c2F)c2c(F)c(F)c(F)c(F)c2F)c(F)c1F.O=C(C[n+]1ccc(C(Br)(Br)Br)cc1)c1ccccc1. The maximum absolute atomic E-state index is 15.4. The molecule has 64 heavy (non-hydrogen) atoms. The largest absolute Gasteiger partial charge is 0.287 e. The zero-order chi connectivity index (χ0) is 48.2. The second kappa shape index (κ2) is 18.5. The molecule has 5 aromatic carbocycles. The Morgan fingerprint density at radius 2 is 0.625 bits per heavy atom. The van der Waals surface area contributed by atoms with E-state index in [1.54, 1.807) is 0 Å². The molecule has 0 saturated heterocycles. The third-order valence-electron chi connectivity index (χ3n) is 9.35. The first-order valence-corrected chi connectivity index (χ1v) is 18.9. The fourth-order valence-electron chi connectivity index (χ4n) is 6.51. The van der Waals surface area contributed by atoms with Crippen molar-refractivity contribution in [3.63, 3.8) is 0 Å². The highest BCUT2D eigenvalue weighted by Gasteiger charge is 2.52. The van der Waals surface area contributed by atoms with Gasteiger partial charge in [0.15, 0.2) is 84.3 Å². The average Bonchev–Trinajstić information content (AvgIpc) is 3.26. The summed E-state index contributed by atoms with van der Waals surface area (Å²) in [5.41, 5.74) is -12.6. The molecule has 0 unspecified atom stereocenters. The molecule has 0 bridgehead atoms. The van der Waals surface area contributed by atoms with Crippen LogP contribution < -0.4 is 26.4 Å². The molecule has 0 radical (unpaired) electrons. The summed E-state index contributed by atoms with van der Waals surface area (Å²) in [5, 5.41) is 0. The molecule has 0 aliphatic rings. The van der Waals surface area contributed by atoms with E-state index >= 15 is 35.1 Å². The van der Waals surface area contributed by atoms with E-state index < -0.39 is 146 Å². The molecular weight excluding hydrogens is 1120 g/mol. The average molecular weight is 1130 g/mol. The maximum Gasteiger partial charge on any atom is 0.227 e.